The summed E-state index contributed by atoms with van der Waals surface area (Å²) in [5, 5.41) is 9.10. The van der Waals surface area contributed by atoms with Crippen molar-refractivity contribution in [2.45, 2.75) is 25.3 Å². The van der Waals surface area contributed by atoms with E-state index in [-0.39, 0.29) is 5.78 Å². The second-order valence-electron chi connectivity index (χ2n) is 4.90. The number of benzene rings is 1. The Bertz CT molecular complexity index is 506. The Hall–Kier alpha value is -1.86. The Kier molecular flexibility index (Phi) is 3.35. The molecule has 94 valence electrons. The van der Waals surface area contributed by atoms with Crippen LogP contribution in [-0.2, 0) is 0 Å². The summed E-state index contributed by atoms with van der Waals surface area (Å²) in [7, 11) is 0. The lowest BCUT2D eigenvalue weighted by Crippen LogP contribution is -2.53. The fourth-order valence-corrected chi connectivity index (χ4v) is 2.32. The minimum Gasteiger partial charge on any atom is -0.369 e. The van der Waals surface area contributed by atoms with Crippen LogP contribution >= 0.6 is 0 Å². The number of hydrogen-bond acceptors (Lipinski definition) is 4. The third kappa shape index (κ3) is 2.52. The topological polar surface area (TPSA) is 70.1 Å². The minimum absolute atomic E-state index is 0.0492. The van der Waals surface area contributed by atoms with E-state index in [1.54, 1.807) is 13.0 Å². The van der Waals surface area contributed by atoms with Crippen LogP contribution in [0.1, 0.15) is 30.1 Å². The number of carbonyl (C=O) groups is 1. The highest BCUT2D eigenvalue weighted by Crippen LogP contribution is 2.25. The molecular formula is C14H17N3O. The van der Waals surface area contributed by atoms with Crippen molar-refractivity contribution in [1.29, 1.82) is 5.26 Å². The molecule has 1 saturated heterocycles. The number of piperidine rings is 1. The summed E-state index contributed by atoms with van der Waals surface area (Å²) in [4.78, 5) is 13.5. The van der Waals surface area contributed by atoms with Crippen LogP contribution in [0, 0.1) is 11.3 Å². The Labute approximate surface area is 107 Å². The van der Waals surface area contributed by atoms with E-state index < -0.39 is 5.54 Å². The van der Waals surface area contributed by atoms with Gasteiger partial charge in [-0.25, -0.2) is 0 Å². The molecule has 0 radical (unpaired) electrons. The van der Waals surface area contributed by atoms with E-state index in [2.05, 4.69) is 11.0 Å². The van der Waals surface area contributed by atoms with E-state index in [1.165, 1.54) is 0 Å². The SMILES string of the molecule is CC(=O)c1cccc(N2CCCC(N)(C#N)C2)c1. The molecule has 0 aromatic heterocycles. The molecule has 4 heteroatoms. The number of anilines is 1. The van der Waals surface area contributed by atoms with Crippen molar-refractivity contribution in [3.63, 3.8) is 0 Å². The van der Waals surface area contributed by atoms with Gasteiger partial charge in [-0.05, 0) is 31.9 Å². The van der Waals surface area contributed by atoms with E-state index >= 15 is 0 Å². The first-order chi connectivity index (χ1) is 8.54. The highest BCUT2D eigenvalue weighted by molar-refractivity contribution is 5.95. The fourth-order valence-electron chi connectivity index (χ4n) is 2.32. The van der Waals surface area contributed by atoms with Crippen LogP contribution in [0.25, 0.3) is 0 Å². The number of ketones is 1. The molecule has 2 N–H and O–H groups in total. The van der Waals surface area contributed by atoms with Gasteiger partial charge in [-0.2, -0.15) is 5.26 Å². The lowest BCUT2D eigenvalue weighted by Gasteiger charge is -2.37. The summed E-state index contributed by atoms with van der Waals surface area (Å²) >= 11 is 0. The van der Waals surface area contributed by atoms with Crippen LogP contribution in [0.5, 0.6) is 0 Å². The normalized spacial score (nSPS) is 23.5. The third-order valence-electron chi connectivity index (χ3n) is 3.36. The molecule has 1 aliphatic heterocycles. The van der Waals surface area contributed by atoms with Gasteiger partial charge in [-0.1, -0.05) is 12.1 Å². The largest absolute Gasteiger partial charge is 0.369 e. The lowest BCUT2D eigenvalue weighted by atomic mass is 9.91. The quantitative estimate of drug-likeness (QED) is 0.803. The molecule has 1 heterocycles. The standard InChI is InChI=1S/C14H17N3O/c1-11(18)12-4-2-5-13(8-12)17-7-3-6-14(16,9-15)10-17/h2,4-5,8H,3,6-7,10,16H2,1H3. The van der Waals surface area contributed by atoms with Crippen LogP contribution < -0.4 is 10.6 Å². The maximum Gasteiger partial charge on any atom is 0.159 e. The molecule has 1 aromatic rings. The van der Waals surface area contributed by atoms with E-state index in [9.17, 15) is 4.79 Å². The smallest absolute Gasteiger partial charge is 0.159 e. The molecule has 18 heavy (non-hydrogen) atoms. The average Bonchev–Trinajstić information content (AvgIpc) is 2.39. The van der Waals surface area contributed by atoms with Gasteiger partial charge >= 0.3 is 0 Å². The Balaban J connectivity index is 2.24. The van der Waals surface area contributed by atoms with Gasteiger partial charge in [0, 0.05) is 24.3 Å². The molecule has 1 unspecified atom stereocenters. The van der Waals surface area contributed by atoms with Crippen molar-refractivity contribution in [2.75, 3.05) is 18.0 Å². The van der Waals surface area contributed by atoms with Crippen molar-refractivity contribution >= 4 is 11.5 Å². The van der Waals surface area contributed by atoms with Crippen LogP contribution in [0.2, 0.25) is 0 Å². The number of carbonyl (C=O) groups excluding carboxylic acids is 1. The zero-order chi connectivity index (χ0) is 13.2. The Morgan fingerprint density at radius 2 is 2.33 bits per heavy atom. The minimum atomic E-state index is -0.773. The van der Waals surface area contributed by atoms with Gasteiger partial charge in [0.1, 0.15) is 5.54 Å². The molecule has 0 amide bonds. The van der Waals surface area contributed by atoms with Crippen molar-refractivity contribution in [2.24, 2.45) is 5.73 Å². The molecule has 1 fully saturated rings. The predicted octanol–water partition coefficient (Wildman–Crippen LogP) is 1.71. The average molecular weight is 243 g/mol. The molecule has 0 saturated carbocycles. The predicted molar refractivity (Wildman–Crippen MR) is 70.4 cm³/mol. The molecule has 4 nitrogen and oxygen atoms in total. The van der Waals surface area contributed by atoms with Gasteiger partial charge in [0.05, 0.1) is 6.07 Å². The van der Waals surface area contributed by atoms with Gasteiger partial charge in [0.15, 0.2) is 5.78 Å². The van der Waals surface area contributed by atoms with Crippen molar-refractivity contribution < 1.29 is 4.79 Å². The molecular weight excluding hydrogens is 226 g/mol. The third-order valence-corrected chi connectivity index (χ3v) is 3.36. The number of hydrogen-bond donors (Lipinski definition) is 1. The Morgan fingerprint density at radius 3 is 3.00 bits per heavy atom. The zero-order valence-electron chi connectivity index (χ0n) is 10.5. The second-order valence-corrected chi connectivity index (χ2v) is 4.90. The summed E-state index contributed by atoms with van der Waals surface area (Å²) in [5.41, 5.74) is 6.90. The van der Waals surface area contributed by atoms with Crippen LogP contribution in [0.4, 0.5) is 5.69 Å². The molecule has 0 spiro atoms. The van der Waals surface area contributed by atoms with E-state index in [0.29, 0.717) is 12.1 Å². The maximum absolute atomic E-state index is 11.4. The Morgan fingerprint density at radius 1 is 1.56 bits per heavy atom. The summed E-state index contributed by atoms with van der Waals surface area (Å²) in [5.74, 6) is 0.0492. The summed E-state index contributed by atoms with van der Waals surface area (Å²) in [6, 6.07) is 9.67. The zero-order valence-corrected chi connectivity index (χ0v) is 10.5. The summed E-state index contributed by atoms with van der Waals surface area (Å²) < 4.78 is 0. The summed E-state index contributed by atoms with van der Waals surface area (Å²) in [6.45, 7) is 2.95. The number of nitriles is 1. The molecule has 1 aliphatic rings. The number of nitrogens with zero attached hydrogens (tertiary/aromatic N) is 2. The summed E-state index contributed by atoms with van der Waals surface area (Å²) in [6.07, 6.45) is 1.63. The number of rotatable bonds is 2. The van der Waals surface area contributed by atoms with Crippen LogP contribution in [0.3, 0.4) is 0 Å². The van der Waals surface area contributed by atoms with E-state index in [4.69, 9.17) is 11.0 Å². The molecule has 2 rings (SSSR count). The van der Waals surface area contributed by atoms with E-state index in [1.807, 2.05) is 18.2 Å². The van der Waals surface area contributed by atoms with Crippen LogP contribution in [0.15, 0.2) is 24.3 Å². The van der Waals surface area contributed by atoms with Gasteiger partial charge in [-0.15, -0.1) is 0 Å². The van der Waals surface area contributed by atoms with Crippen molar-refractivity contribution in [1.82, 2.24) is 0 Å². The second kappa shape index (κ2) is 4.79. The molecule has 0 bridgehead atoms. The lowest BCUT2D eigenvalue weighted by molar-refractivity contribution is 0.101. The van der Waals surface area contributed by atoms with Gasteiger partial charge in [-0.3, -0.25) is 4.79 Å². The monoisotopic (exact) mass is 243 g/mol. The van der Waals surface area contributed by atoms with Crippen LogP contribution in [-0.4, -0.2) is 24.4 Å². The first-order valence-corrected chi connectivity index (χ1v) is 6.10. The van der Waals surface area contributed by atoms with E-state index in [0.717, 1.165) is 25.1 Å². The highest BCUT2D eigenvalue weighted by atomic mass is 16.1. The molecule has 1 aromatic carbocycles. The molecule has 0 aliphatic carbocycles. The maximum atomic E-state index is 11.4. The first-order valence-electron chi connectivity index (χ1n) is 6.10. The van der Waals surface area contributed by atoms with Crippen molar-refractivity contribution in [3.8, 4) is 6.07 Å². The van der Waals surface area contributed by atoms with Gasteiger partial charge < -0.3 is 10.6 Å². The van der Waals surface area contributed by atoms with Gasteiger partial charge in [0.25, 0.3) is 0 Å². The van der Waals surface area contributed by atoms with Gasteiger partial charge in [0.2, 0.25) is 0 Å². The fraction of sp³-hybridized carbons (Fsp3) is 0.429. The number of Topliss-reactive ketones (excluding diaryl/α,β-unsaturated/α-hetero) is 1. The first kappa shape index (κ1) is 12.6. The molecule has 1 atom stereocenters. The highest BCUT2D eigenvalue weighted by Gasteiger charge is 2.31. The van der Waals surface area contributed by atoms with Crippen molar-refractivity contribution in [3.05, 3.63) is 29.8 Å². The number of nitrogens with two attached hydrogens (primary N) is 1.